The molecule has 0 saturated heterocycles. The molecule has 1 aromatic heterocycles. The molecule has 0 radical (unpaired) electrons. The normalized spacial score (nSPS) is 10.5. The molecule has 0 aliphatic rings. The monoisotopic (exact) mass is 470 g/mol. The van der Waals surface area contributed by atoms with Crippen LogP contribution in [0.5, 0.6) is 11.5 Å². The van der Waals surface area contributed by atoms with Crippen LogP contribution in [0.2, 0.25) is 0 Å². The molecule has 8 nitrogen and oxygen atoms in total. The fourth-order valence-corrected chi connectivity index (χ4v) is 3.47. The highest BCUT2D eigenvalue weighted by Crippen LogP contribution is 2.17. The minimum Gasteiger partial charge on any atom is -0.497 e. The molecule has 2 amide bonds. The lowest BCUT2D eigenvalue weighted by Crippen LogP contribution is -2.14. The lowest BCUT2D eigenvalue weighted by atomic mass is 10.1. The Bertz CT molecular complexity index is 1280. The Morgan fingerprint density at radius 1 is 0.771 bits per heavy atom. The molecule has 8 heteroatoms. The highest BCUT2D eigenvalue weighted by atomic mass is 16.5. The van der Waals surface area contributed by atoms with Crippen LogP contribution in [0, 0.1) is 0 Å². The van der Waals surface area contributed by atoms with Crippen molar-refractivity contribution >= 4 is 23.2 Å². The molecule has 1 heterocycles. The predicted molar refractivity (Wildman–Crippen MR) is 134 cm³/mol. The number of carbonyl (C=O) groups is 2. The van der Waals surface area contributed by atoms with E-state index >= 15 is 0 Å². The quantitative estimate of drug-likeness (QED) is 0.379. The fourth-order valence-electron chi connectivity index (χ4n) is 3.47. The van der Waals surface area contributed by atoms with Crippen molar-refractivity contribution in [1.29, 1.82) is 0 Å². The standard InChI is InChI=1S/C27H26N4O4/c1-34-23-11-5-19(6-12-23)15-26(32)29-21-7-3-20(4-8-21)16-31-17-25(28-18-31)27(33)30-22-9-13-24(35-2)14-10-22/h3-14,17-18H,15-16H2,1-2H3,(H,29,32)(H,30,33). The lowest BCUT2D eigenvalue weighted by molar-refractivity contribution is -0.115. The van der Waals surface area contributed by atoms with Gasteiger partial charge in [-0.15, -0.1) is 0 Å². The first kappa shape index (κ1) is 23.6. The summed E-state index contributed by atoms with van der Waals surface area (Å²) in [5, 5.41) is 5.73. The molecule has 0 unspecified atom stereocenters. The van der Waals surface area contributed by atoms with E-state index in [1.807, 2.05) is 53.1 Å². The van der Waals surface area contributed by atoms with E-state index in [2.05, 4.69) is 15.6 Å². The van der Waals surface area contributed by atoms with Crippen molar-refractivity contribution < 1.29 is 19.1 Å². The Morgan fingerprint density at radius 3 is 1.94 bits per heavy atom. The Morgan fingerprint density at radius 2 is 1.31 bits per heavy atom. The van der Waals surface area contributed by atoms with Crippen molar-refractivity contribution in [2.45, 2.75) is 13.0 Å². The first-order chi connectivity index (χ1) is 17.0. The molecule has 0 bridgehead atoms. The molecule has 4 aromatic rings. The minimum atomic E-state index is -0.288. The van der Waals surface area contributed by atoms with E-state index in [0.29, 0.717) is 17.9 Å². The molecular formula is C27H26N4O4. The summed E-state index contributed by atoms with van der Waals surface area (Å²) in [6, 6.07) is 22.1. The second-order valence-corrected chi connectivity index (χ2v) is 7.88. The van der Waals surface area contributed by atoms with Crippen LogP contribution >= 0.6 is 0 Å². The first-order valence-electron chi connectivity index (χ1n) is 11.0. The van der Waals surface area contributed by atoms with Crippen molar-refractivity contribution in [1.82, 2.24) is 9.55 Å². The summed E-state index contributed by atoms with van der Waals surface area (Å²) in [7, 11) is 3.20. The maximum atomic E-state index is 12.5. The largest absolute Gasteiger partial charge is 0.497 e. The zero-order chi connectivity index (χ0) is 24.6. The summed E-state index contributed by atoms with van der Waals surface area (Å²) in [6.45, 7) is 0.545. The van der Waals surface area contributed by atoms with Gasteiger partial charge in [0.15, 0.2) is 0 Å². The van der Waals surface area contributed by atoms with Crippen LogP contribution < -0.4 is 20.1 Å². The zero-order valence-corrected chi connectivity index (χ0v) is 19.5. The van der Waals surface area contributed by atoms with Gasteiger partial charge in [0.2, 0.25) is 5.91 Å². The van der Waals surface area contributed by atoms with Crippen molar-refractivity contribution in [2.24, 2.45) is 0 Å². The first-order valence-corrected chi connectivity index (χ1v) is 11.0. The van der Waals surface area contributed by atoms with Crippen LogP contribution in [-0.2, 0) is 17.8 Å². The Balaban J connectivity index is 1.29. The molecule has 0 fully saturated rings. The summed E-state index contributed by atoms with van der Waals surface area (Å²) in [5.41, 5.74) is 3.63. The lowest BCUT2D eigenvalue weighted by Gasteiger charge is -2.08. The average molecular weight is 471 g/mol. The number of aromatic nitrogens is 2. The van der Waals surface area contributed by atoms with Gasteiger partial charge in [-0.3, -0.25) is 9.59 Å². The van der Waals surface area contributed by atoms with E-state index in [-0.39, 0.29) is 18.2 Å². The average Bonchev–Trinajstić information content (AvgIpc) is 3.35. The smallest absolute Gasteiger partial charge is 0.275 e. The van der Waals surface area contributed by atoms with Crippen LogP contribution in [-0.4, -0.2) is 35.6 Å². The fraction of sp³-hybridized carbons (Fsp3) is 0.148. The van der Waals surface area contributed by atoms with Crippen LogP contribution in [0.4, 0.5) is 11.4 Å². The third kappa shape index (κ3) is 6.48. The van der Waals surface area contributed by atoms with Crippen LogP contribution in [0.1, 0.15) is 21.6 Å². The van der Waals surface area contributed by atoms with Gasteiger partial charge in [-0.05, 0) is 59.7 Å². The summed E-state index contributed by atoms with van der Waals surface area (Å²) in [4.78, 5) is 29.0. The SMILES string of the molecule is COc1ccc(CC(=O)Nc2ccc(Cn3cnc(C(=O)Nc4ccc(OC)cc4)c3)cc2)cc1. The number of rotatable bonds is 9. The number of ether oxygens (including phenoxy) is 2. The molecule has 0 atom stereocenters. The van der Waals surface area contributed by atoms with Gasteiger partial charge in [0.05, 0.1) is 27.0 Å². The Labute approximate surface area is 203 Å². The molecule has 4 rings (SSSR count). The van der Waals surface area contributed by atoms with Gasteiger partial charge in [-0.1, -0.05) is 24.3 Å². The molecular weight excluding hydrogens is 444 g/mol. The maximum absolute atomic E-state index is 12.5. The van der Waals surface area contributed by atoms with Gasteiger partial charge in [0.25, 0.3) is 5.91 Å². The second kappa shape index (κ2) is 11.0. The van der Waals surface area contributed by atoms with Gasteiger partial charge in [0.1, 0.15) is 17.2 Å². The number of amides is 2. The summed E-state index contributed by atoms with van der Waals surface area (Å²) in [5.74, 6) is 1.09. The third-order valence-electron chi connectivity index (χ3n) is 5.34. The summed E-state index contributed by atoms with van der Waals surface area (Å²) >= 11 is 0. The molecule has 178 valence electrons. The topological polar surface area (TPSA) is 94.5 Å². The van der Waals surface area contributed by atoms with Gasteiger partial charge in [-0.25, -0.2) is 4.98 Å². The third-order valence-corrected chi connectivity index (χ3v) is 5.34. The number of carbonyl (C=O) groups excluding carboxylic acids is 2. The number of nitrogens with one attached hydrogen (secondary N) is 2. The molecule has 0 aliphatic carbocycles. The van der Waals surface area contributed by atoms with Crippen LogP contribution in [0.3, 0.4) is 0 Å². The van der Waals surface area contributed by atoms with Crippen molar-refractivity contribution in [3.8, 4) is 11.5 Å². The van der Waals surface area contributed by atoms with Crippen molar-refractivity contribution in [2.75, 3.05) is 24.9 Å². The van der Waals surface area contributed by atoms with Crippen LogP contribution in [0.15, 0.2) is 85.3 Å². The highest BCUT2D eigenvalue weighted by molar-refractivity contribution is 6.02. The van der Waals surface area contributed by atoms with Crippen molar-refractivity contribution in [3.05, 3.63) is 102 Å². The van der Waals surface area contributed by atoms with E-state index < -0.39 is 0 Å². The number of hydrogen-bond acceptors (Lipinski definition) is 5. The molecule has 0 spiro atoms. The van der Waals surface area contributed by atoms with E-state index in [1.165, 1.54) is 0 Å². The number of imidazole rings is 1. The van der Waals surface area contributed by atoms with E-state index in [4.69, 9.17) is 9.47 Å². The Kier molecular flexibility index (Phi) is 7.42. The number of hydrogen-bond donors (Lipinski definition) is 2. The van der Waals surface area contributed by atoms with Crippen molar-refractivity contribution in [3.63, 3.8) is 0 Å². The summed E-state index contributed by atoms with van der Waals surface area (Å²) in [6.07, 6.45) is 3.60. The van der Waals surface area contributed by atoms with Gasteiger partial charge in [0, 0.05) is 24.1 Å². The summed E-state index contributed by atoms with van der Waals surface area (Å²) < 4.78 is 12.1. The van der Waals surface area contributed by atoms with E-state index in [1.54, 1.807) is 51.0 Å². The highest BCUT2D eigenvalue weighted by Gasteiger charge is 2.10. The van der Waals surface area contributed by atoms with Gasteiger partial charge >= 0.3 is 0 Å². The zero-order valence-electron chi connectivity index (χ0n) is 19.5. The molecule has 2 N–H and O–H groups in total. The van der Waals surface area contributed by atoms with E-state index in [9.17, 15) is 9.59 Å². The Hall–Kier alpha value is -4.59. The predicted octanol–water partition coefficient (Wildman–Crippen LogP) is 4.38. The maximum Gasteiger partial charge on any atom is 0.275 e. The molecule has 0 aliphatic heterocycles. The number of anilines is 2. The van der Waals surface area contributed by atoms with Gasteiger partial charge in [-0.2, -0.15) is 0 Å². The molecule has 3 aromatic carbocycles. The van der Waals surface area contributed by atoms with E-state index in [0.717, 1.165) is 28.3 Å². The number of methoxy groups -OCH3 is 2. The molecule has 0 saturated carbocycles. The number of benzene rings is 3. The second-order valence-electron chi connectivity index (χ2n) is 7.88. The molecule has 35 heavy (non-hydrogen) atoms. The van der Waals surface area contributed by atoms with Gasteiger partial charge < -0.3 is 24.7 Å². The minimum absolute atomic E-state index is 0.0926. The number of nitrogens with zero attached hydrogens (tertiary/aromatic N) is 2. The van der Waals surface area contributed by atoms with Crippen LogP contribution in [0.25, 0.3) is 0 Å².